The highest BCUT2D eigenvalue weighted by molar-refractivity contribution is 6.62. The molecular formula is C31H40ClN5O2. The van der Waals surface area contributed by atoms with Gasteiger partial charge in [-0.2, -0.15) is 0 Å². The highest BCUT2D eigenvalue weighted by atomic mass is 35.5. The van der Waals surface area contributed by atoms with E-state index < -0.39 is 0 Å². The van der Waals surface area contributed by atoms with E-state index in [0.717, 1.165) is 57.4 Å². The minimum atomic E-state index is -0.361. The Balaban J connectivity index is 0.000000243. The van der Waals surface area contributed by atoms with Gasteiger partial charge in [0.15, 0.2) is 0 Å². The fourth-order valence-electron chi connectivity index (χ4n) is 3.96. The number of rotatable bonds is 12. The van der Waals surface area contributed by atoms with E-state index in [-0.39, 0.29) is 11.0 Å². The van der Waals surface area contributed by atoms with Crippen LogP contribution in [0.3, 0.4) is 0 Å². The zero-order chi connectivity index (χ0) is 28.3. The second-order valence-corrected chi connectivity index (χ2v) is 9.69. The minimum Gasteiger partial charge on any atom is -0.331 e. The molecule has 0 saturated heterocycles. The summed E-state index contributed by atoms with van der Waals surface area (Å²) in [5, 5.41) is -0.361. The number of halogens is 1. The first kappa shape index (κ1) is 31.7. The molecule has 8 heteroatoms. The maximum absolute atomic E-state index is 10.9. The summed E-state index contributed by atoms with van der Waals surface area (Å²) in [6.45, 7) is 5.66. The highest BCUT2D eigenvalue weighted by Crippen LogP contribution is 2.20. The van der Waals surface area contributed by atoms with Gasteiger partial charge in [-0.25, -0.2) is 9.97 Å². The summed E-state index contributed by atoms with van der Waals surface area (Å²) in [7, 11) is 0. The Morgan fingerprint density at radius 1 is 0.718 bits per heavy atom. The molecule has 0 atom stereocenters. The number of carbonyl (C=O) groups is 2. The summed E-state index contributed by atoms with van der Waals surface area (Å²) in [6.07, 6.45) is 13.6. The van der Waals surface area contributed by atoms with E-state index in [9.17, 15) is 9.59 Å². The molecule has 2 aromatic heterocycles. The molecule has 0 aliphatic rings. The van der Waals surface area contributed by atoms with Crippen molar-refractivity contribution in [1.82, 2.24) is 19.1 Å². The number of ketones is 1. The fourth-order valence-corrected chi connectivity index (χ4v) is 3.96. The molecule has 0 saturated carbocycles. The van der Waals surface area contributed by atoms with Crippen LogP contribution in [0.25, 0.3) is 22.5 Å². The predicted octanol–water partition coefficient (Wildman–Crippen LogP) is 6.76. The minimum absolute atomic E-state index is 0.285. The van der Waals surface area contributed by atoms with Crippen LogP contribution in [0.1, 0.15) is 52.4 Å². The highest BCUT2D eigenvalue weighted by Gasteiger charge is 2.05. The second-order valence-electron chi connectivity index (χ2n) is 9.16. The third-order valence-electron chi connectivity index (χ3n) is 5.84. The van der Waals surface area contributed by atoms with Gasteiger partial charge in [0.2, 0.25) is 5.24 Å². The van der Waals surface area contributed by atoms with Crippen molar-refractivity contribution in [2.24, 2.45) is 5.73 Å². The van der Waals surface area contributed by atoms with Gasteiger partial charge >= 0.3 is 0 Å². The molecule has 2 N–H and O–H groups in total. The van der Waals surface area contributed by atoms with Gasteiger partial charge in [-0.15, -0.1) is 0 Å². The van der Waals surface area contributed by atoms with E-state index in [4.69, 9.17) is 5.73 Å². The first-order chi connectivity index (χ1) is 18.9. The summed E-state index contributed by atoms with van der Waals surface area (Å²) in [4.78, 5) is 28.5. The number of carbonyl (C=O) groups excluding carboxylic acids is 2. The van der Waals surface area contributed by atoms with Crippen molar-refractivity contribution < 1.29 is 9.59 Å². The number of imidazole rings is 2. The summed E-state index contributed by atoms with van der Waals surface area (Å²) in [6, 6.07) is 20.6. The van der Waals surface area contributed by atoms with E-state index in [1.54, 1.807) is 6.92 Å². The van der Waals surface area contributed by atoms with Crippen LogP contribution in [0.5, 0.6) is 0 Å². The van der Waals surface area contributed by atoms with E-state index >= 15 is 0 Å². The maximum Gasteiger partial charge on any atom is 0.218 e. The molecule has 0 aliphatic carbocycles. The van der Waals surface area contributed by atoms with Crippen LogP contribution in [0.4, 0.5) is 0 Å². The molecule has 7 nitrogen and oxygen atoms in total. The fraction of sp³-hybridized carbons (Fsp3) is 0.355. The molecule has 0 aliphatic heterocycles. The summed E-state index contributed by atoms with van der Waals surface area (Å²) in [5.74, 6) is 0.285. The van der Waals surface area contributed by atoms with Crippen molar-refractivity contribution in [3.05, 3.63) is 85.7 Å². The van der Waals surface area contributed by atoms with E-state index in [1.165, 1.54) is 23.7 Å². The average molecular weight is 550 g/mol. The number of benzene rings is 2. The van der Waals surface area contributed by atoms with Crippen LogP contribution in [0.15, 0.2) is 85.7 Å². The average Bonchev–Trinajstić information content (AvgIpc) is 3.59. The lowest BCUT2D eigenvalue weighted by Crippen LogP contribution is -2.03. The van der Waals surface area contributed by atoms with Gasteiger partial charge in [-0.3, -0.25) is 4.79 Å². The number of Topliss-reactive ketones (excluding diaryl/α,β-unsaturated/α-hetero) is 1. The van der Waals surface area contributed by atoms with Crippen LogP contribution in [-0.2, 0) is 22.7 Å². The van der Waals surface area contributed by atoms with Gasteiger partial charge in [0, 0.05) is 26.4 Å². The lowest BCUT2D eigenvalue weighted by atomic mass is 10.1. The van der Waals surface area contributed by atoms with Gasteiger partial charge < -0.3 is 19.7 Å². The Kier molecular flexibility index (Phi) is 15.2. The Hall–Kier alpha value is -3.55. The van der Waals surface area contributed by atoms with Crippen molar-refractivity contribution >= 4 is 22.6 Å². The Morgan fingerprint density at radius 3 is 1.56 bits per heavy atom. The van der Waals surface area contributed by atoms with Crippen molar-refractivity contribution in [1.29, 1.82) is 0 Å². The molecule has 0 unspecified atom stereocenters. The molecule has 0 fully saturated rings. The topological polar surface area (TPSA) is 95.8 Å². The molecule has 2 heterocycles. The number of nitrogens with zero attached hydrogens (tertiary/aromatic N) is 4. The van der Waals surface area contributed by atoms with Crippen LogP contribution >= 0.6 is 11.6 Å². The summed E-state index contributed by atoms with van der Waals surface area (Å²) >= 11 is 4.64. The smallest absolute Gasteiger partial charge is 0.218 e. The van der Waals surface area contributed by atoms with Crippen LogP contribution in [0, 0.1) is 0 Å². The summed E-state index contributed by atoms with van der Waals surface area (Å²) < 4.78 is 4.37. The number of unbranched alkanes of at least 4 members (excludes halogenated alkanes) is 3. The van der Waals surface area contributed by atoms with Gasteiger partial charge in [-0.05, 0) is 61.9 Å². The number of aryl methyl sites for hydroxylation is 2. The molecule has 39 heavy (non-hydrogen) atoms. The normalized spacial score (nSPS) is 10.2. The number of nitrogens with two attached hydrogens (primary N) is 1. The lowest BCUT2D eigenvalue weighted by Gasteiger charge is -2.07. The first-order valence-corrected chi connectivity index (χ1v) is 13.8. The van der Waals surface area contributed by atoms with Gasteiger partial charge in [-0.1, -0.05) is 67.1 Å². The largest absolute Gasteiger partial charge is 0.331 e. The molecule has 0 radical (unpaired) electrons. The molecule has 0 amide bonds. The van der Waals surface area contributed by atoms with Gasteiger partial charge in [0.05, 0.1) is 36.4 Å². The van der Waals surface area contributed by atoms with Gasteiger partial charge in [0.1, 0.15) is 5.78 Å². The van der Waals surface area contributed by atoms with E-state index in [2.05, 4.69) is 55.0 Å². The van der Waals surface area contributed by atoms with Crippen LogP contribution in [-0.4, -0.2) is 36.7 Å². The molecule has 4 rings (SSSR count). The van der Waals surface area contributed by atoms with Crippen molar-refractivity contribution in [2.75, 3.05) is 6.54 Å². The molecule has 208 valence electrons. The number of hydrogen-bond acceptors (Lipinski definition) is 5. The van der Waals surface area contributed by atoms with Crippen LogP contribution < -0.4 is 5.73 Å². The second kappa shape index (κ2) is 18.7. The summed E-state index contributed by atoms with van der Waals surface area (Å²) in [5.41, 5.74) is 10.2. The first-order valence-electron chi connectivity index (χ1n) is 13.4. The van der Waals surface area contributed by atoms with Crippen molar-refractivity contribution in [3.63, 3.8) is 0 Å². The zero-order valence-corrected chi connectivity index (χ0v) is 23.8. The molecule has 0 spiro atoms. The molecule has 2 aromatic carbocycles. The Bertz CT molecular complexity index is 1220. The number of hydrogen-bond donors (Lipinski definition) is 1. The van der Waals surface area contributed by atoms with Crippen LogP contribution in [0.2, 0.25) is 0 Å². The Morgan fingerprint density at radius 2 is 1.15 bits per heavy atom. The third kappa shape index (κ3) is 12.7. The monoisotopic (exact) mass is 549 g/mol. The molecular weight excluding hydrogens is 510 g/mol. The zero-order valence-electron chi connectivity index (χ0n) is 23.0. The van der Waals surface area contributed by atoms with Crippen molar-refractivity contribution in [2.45, 2.75) is 65.5 Å². The van der Waals surface area contributed by atoms with E-state index in [1.807, 2.05) is 61.4 Å². The van der Waals surface area contributed by atoms with Gasteiger partial charge in [0.25, 0.3) is 0 Å². The SMILES string of the molecule is CC(=O)CCCCCn1cncc1-c1ccccc1.CC(=O)Cl.NCCCCn1cncc1-c1ccccc1. The standard InChI is InChI=1S/C16H20N2O.C13H17N3.C2H3ClO/c1-14(19)8-4-3-7-11-18-13-17-12-16(18)15-9-5-2-6-10-15;14-8-4-5-9-16-11-15-10-13(16)12-6-2-1-3-7-12;1-2(3)4/h2,5-6,9-10,12-13H,3-4,7-8,11H2,1H3;1-3,6-7,10-11H,4-5,8-9,14H2;1H3. The van der Waals surface area contributed by atoms with Crippen molar-refractivity contribution in [3.8, 4) is 22.5 Å². The Labute approximate surface area is 237 Å². The lowest BCUT2D eigenvalue weighted by molar-refractivity contribution is -0.117. The predicted molar refractivity (Wildman–Crippen MR) is 159 cm³/mol. The number of aromatic nitrogens is 4. The molecule has 0 bridgehead atoms. The van der Waals surface area contributed by atoms with E-state index in [0.29, 0.717) is 6.42 Å². The third-order valence-corrected chi connectivity index (χ3v) is 5.84. The maximum atomic E-state index is 10.9. The molecule has 4 aromatic rings. The quantitative estimate of drug-likeness (QED) is 0.155.